The molecular weight excluding hydrogens is 226 g/mol. The fourth-order valence-electron chi connectivity index (χ4n) is 1.43. The zero-order chi connectivity index (χ0) is 12.4. The molecule has 2 N–H and O–H groups in total. The minimum Gasteiger partial charge on any atom is -0.507 e. The van der Waals surface area contributed by atoms with Gasteiger partial charge in [0.25, 0.3) is 0 Å². The van der Waals surface area contributed by atoms with Crippen molar-refractivity contribution in [1.82, 2.24) is 9.97 Å². The number of aromatic amines is 1. The lowest BCUT2D eigenvalue weighted by molar-refractivity contribution is -0.385. The molecule has 2 rings (SSSR count). The zero-order valence-corrected chi connectivity index (χ0v) is 8.45. The van der Waals surface area contributed by atoms with Gasteiger partial charge in [-0.1, -0.05) is 12.1 Å². The zero-order valence-electron chi connectivity index (χ0n) is 8.45. The van der Waals surface area contributed by atoms with Crippen LogP contribution in [-0.4, -0.2) is 20.0 Å². The molecule has 0 saturated carbocycles. The molecule has 0 spiro atoms. The highest BCUT2D eigenvalue weighted by molar-refractivity contribution is 5.73. The van der Waals surface area contributed by atoms with Gasteiger partial charge in [-0.05, 0) is 12.1 Å². The Morgan fingerprint density at radius 2 is 2.06 bits per heavy atom. The van der Waals surface area contributed by atoms with Gasteiger partial charge >= 0.3 is 11.2 Å². The first-order valence-electron chi connectivity index (χ1n) is 4.61. The fraction of sp³-hybridized carbons (Fsp3) is 0. The van der Waals surface area contributed by atoms with Crippen molar-refractivity contribution in [2.24, 2.45) is 0 Å². The highest BCUT2D eigenvalue weighted by atomic mass is 16.6. The summed E-state index contributed by atoms with van der Waals surface area (Å²) >= 11 is 0. The molecule has 1 aromatic carbocycles. The molecule has 0 bridgehead atoms. The summed E-state index contributed by atoms with van der Waals surface area (Å²) < 4.78 is 0. The number of phenols is 1. The van der Waals surface area contributed by atoms with Gasteiger partial charge in [-0.3, -0.25) is 14.9 Å². The van der Waals surface area contributed by atoms with Gasteiger partial charge in [0.05, 0.1) is 11.3 Å². The number of hydrogen-bond acceptors (Lipinski definition) is 5. The third-order valence-corrected chi connectivity index (χ3v) is 2.17. The molecule has 0 amide bonds. The quantitative estimate of drug-likeness (QED) is 0.595. The SMILES string of the molecule is O=c1[nH]cnc(-c2ccccc2O)c1[N+](=O)[O-]. The number of rotatable bonds is 2. The number of benzene rings is 1. The summed E-state index contributed by atoms with van der Waals surface area (Å²) in [5.74, 6) is -0.172. The van der Waals surface area contributed by atoms with Crippen LogP contribution < -0.4 is 5.56 Å². The fourth-order valence-corrected chi connectivity index (χ4v) is 1.43. The summed E-state index contributed by atoms with van der Waals surface area (Å²) in [5, 5.41) is 20.4. The Labute approximate surface area is 94.5 Å². The lowest BCUT2D eigenvalue weighted by Crippen LogP contribution is -2.13. The molecule has 1 heterocycles. The first-order valence-corrected chi connectivity index (χ1v) is 4.61. The van der Waals surface area contributed by atoms with Crippen LogP contribution in [0.2, 0.25) is 0 Å². The Bertz CT molecular complexity index is 635. The van der Waals surface area contributed by atoms with Crippen LogP contribution in [0.15, 0.2) is 35.4 Å². The number of aromatic nitrogens is 2. The van der Waals surface area contributed by atoms with E-state index < -0.39 is 16.2 Å². The van der Waals surface area contributed by atoms with Crippen molar-refractivity contribution in [3.63, 3.8) is 0 Å². The second-order valence-electron chi connectivity index (χ2n) is 3.20. The largest absolute Gasteiger partial charge is 0.507 e. The number of phenolic OH excluding ortho intramolecular Hbond substituents is 1. The Hall–Kier alpha value is -2.70. The third-order valence-electron chi connectivity index (χ3n) is 2.17. The van der Waals surface area contributed by atoms with E-state index in [0.717, 1.165) is 6.33 Å². The van der Waals surface area contributed by atoms with Crippen LogP contribution in [0.5, 0.6) is 5.75 Å². The lowest BCUT2D eigenvalue weighted by atomic mass is 10.1. The van der Waals surface area contributed by atoms with Crippen LogP contribution in [0, 0.1) is 10.1 Å². The van der Waals surface area contributed by atoms with Crippen molar-refractivity contribution in [3.8, 4) is 17.0 Å². The second-order valence-corrected chi connectivity index (χ2v) is 3.20. The number of aromatic hydroxyl groups is 1. The number of nitrogens with zero attached hydrogens (tertiary/aromatic N) is 2. The molecule has 0 radical (unpaired) electrons. The van der Waals surface area contributed by atoms with E-state index in [1.807, 2.05) is 0 Å². The van der Waals surface area contributed by atoms with E-state index in [0.29, 0.717) is 0 Å². The van der Waals surface area contributed by atoms with Gasteiger partial charge in [0.15, 0.2) is 5.69 Å². The van der Waals surface area contributed by atoms with Gasteiger partial charge in [0.2, 0.25) is 0 Å². The van der Waals surface area contributed by atoms with Gasteiger partial charge in [-0.2, -0.15) is 0 Å². The monoisotopic (exact) mass is 233 g/mol. The lowest BCUT2D eigenvalue weighted by Gasteiger charge is -2.02. The summed E-state index contributed by atoms with van der Waals surface area (Å²) in [4.78, 5) is 27.2. The van der Waals surface area contributed by atoms with E-state index in [1.165, 1.54) is 12.1 Å². The Morgan fingerprint density at radius 1 is 1.35 bits per heavy atom. The van der Waals surface area contributed by atoms with E-state index >= 15 is 0 Å². The Morgan fingerprint density at radius 3 is 2.71 bits per heavy atom. The predicted octanol–water partition coefficient (Wildman–Crippen LogP) is 1.05. The van der Waals surface area contributed by atoms with Gasteiger partial charge in [0.1, 0.15) is 5.75 Å². The van der Waals surface area contributed by atoms with Crippen LogP contribution in [0.25, 0.3) is 11.3 Å². The number of para-hydroxylation sites is 1. The van der Waals surface area contributed by atoms with Crippen molar-refractivity contribution in [2.45, 2.75) is 0 Å². The molecule has 0 aliphatic heterocycles. The highest BCUT2D eigenvalue weighted by Crippen LogP contribution is 2.30. The normalized spacial score (nSPS) is 10.1. The Kier molecular flexibility index (Phi) is 2.57. The molecule has 0 fully saturated rings. The number of hydrogen-bond donors (Lipinski definition) is 2. The van der Waals surface area contributed by atoms with E-state index in [2.05, 4.69) is 9.97 Å². The predicted molar refractivity (Wildman–Crippen MR) is 58.6 cm³/mol. The van der Waals surface area contributed by atoms with Crippen LogP contribution in [0.1, 0.15) is 0 Å². The van der Waals surface area contributed by atoms with Gasteiger partial charge < -0.3 is 10.1 Å². The molecule has 0 unspecified atom stereocenters. The molecule has 0 aliphatic carbocycles. The number of nitrogens with one attached hydrogen (secondary N) is 1. The summed E-state index contributed by atoms with van der Waals surface area (Å²) in [7, 11) is 0. The molecular formula is C10H7N3O4. The molecule has 86 valence electrons. The molecule has 0 atom stereocenters. The maximum absolute atomic E-state index is 11.3. The summed E-state index contributed by atoms with van der Waals surface area (Å²) in [6, 6.07) is 5.96. The average Bonchev–Trinajstić information content (AvgIpc) is 2.28. The summed E-state index contributed by atoms with van der Waals surface area (Å²) in [6.45, 7) is 0. The molecule has 7 nitrogen and oxygen atoms in total. The molecule has 2 aromatic rings. The van der Waals surface area contributed by atoms with E-state index in [-0.39, 0.29) is 17.0 Å². The van der Waals surface area contributed by atoms with Crippen LogP contribution >= 0.6 is 0 Å². The highest BCUT2D eigenvalue weighted by Gasteiger charge is 2.23. The third kappa shape index (κ3) is 1.85. The van der Waals surface area contributed by atoms with Gasteiger partial charge in [0, 0.05) is 5.56 Å². The van der Waals surface area contributed by atoms with Gasteiger partial charge in [-0.15, -0.1) is 0 Å². The molecule has 17 heavy (non-hydrogen) atoms. The van der Waals surface area contributed by atoms with Crippen molar-refractivity contribution < 1.29 is 10.0 Å². The van der Waals surface area contributed by atoms with Crippen molar-refractivity contribution in [2.75, 3.05) is 0 Å². The minimum atomic E-state index is -0.858. The van der Waals surface area contributed by atoms with Crippen molar-refractivity contribution in [3.05, 3.63) is 51.1 Å². The topological polar surface area (TPSA) is 109 Å². The van der Waals surface area contributed by atoms with E-state index in [4.69, 9.17) is 0 Å². The summed E-state index contributed by atoms with van der Waals surface area (Å²) in [6.07, 6.45) is 1.05. The first kappa shape index (κ1) is 10.8. The van der Waals surface area contributed by atoms with Crippen LogP contribution in [-0.2, 0) is 0 Å². The minimum absolute atomic E-state index is 0.144. The maximum Gasteiger partial charge on any atom is 0.359 e. The average molecular weight is 233 g/mol. The number of H-pyrrole nitrogens is 1. The molecule has 1 aromatic heterocycles. The van der Waals surface area contributed by atoms with Gasteiger partial charge in [-0.25, -0.2) is 4.98 Å². The van der Waals surface area contributed by atoms with E-state index in [9.17, 15) is 20.0 Å². The second kappa shape index (κ2) is 4.05. The molecule has 7 heteroatoms. The summed E-state index contributed by atoms with van der Waals surface area (Å²) in [5.41, 5.74) is -1.56. The van der Waals surface area contributed by atoms with Crippen molar-refractivity contribution in [1.29, 1.82) is 0 Å². The Balaban J connectivity index is 2.77. The van der Waals surface area contributed by atoms with E-state index in [1.54, 1.807) is 12.1 Å². The number of nitro groups is 1. The first-order chi connectivity index (χ1) is 8.11. The molecule has 0 aliphatic rings. The standard InChI is InChI=1S/C10H7N3O4/c14-7-4-2-1-3-6(7)8-9(13(16)17)10(15)12-5-11-8/h1-5,14H,(H,11,12,15). The maximum atomic E-state index is 11.3. The van der Waals surface area contributed by atoms with Crippen LogP contribution in [0.4, 0.5) is 5.69 Å². The smallest absolute Gasteiger partial charge is 0.359 e. The molecule has 0 saturated heterocycles. The van der Waals surface area contributed by atoms with Crippen molar-refractivity contribution >= 4 is 5.69 Å². The van der Waals surface area contributed by atoms with Crippen LogP contribution in [0.3, 0.4) is 0 Å².